The van der Waals surface area contributed by atoms with Gasteiger partial charge in [0.1, 0.15) is 0 Å². The largest absolute Gasteiger partial charge is 0.462 e. The van der Waals surface area contributed by atoms with Crippen LogP contribution in [0.2, 0.25) is 0 Å². The lowest BCUT2D eigenvalue weighted by Gasteiger charge is -2.62. The summed E-state index contributed by atoms with van der Waals surface area (Å²) in [5.74, 6) is 0.0122. The summed E-state index contributed by atoms with van der Waals surface area (Å²) in [4.78, 5) is 11.6. The molecule has 4 nitrogen and oxygen atoms in total. The molecule has 4 heteroatoms. The monoisotopic (exact) mass is 275 g/mol. The smallest absolute Gasteiger partial charge is 0.333 e. The molecule has 20 heavy (non-hydrogen) atoms. The molecule has 4 aliphatic rings. The summed E-state index contributed by atoms with van der Waals surface area (Å²) in [7, 11) is 0. The highest BCUT2D eigenvalue weighted by molar-refractivity contribution is 5.86. The summed E-state index contributed by atoms with van der Waals surface area (Å²) in [5.41, 5.74) is -0.965. The Morgan fingerprint density at radius 2 is 2.15 bits per heavy atom. The highest BCUT2D eigenvalue weighted by Gasteiger charge is 2.63. The Bertz CT molecular complexity index is 522. The molecule has 4 fully saturated rings. The van der Waals surface area contributed by atoms with E-state index in [2.05, 4.69) is 12.6 Å². The minimum atomic E-state index is -0.731. The number of carbonyl (C=O) groups excluding carboxylic acids is 1. The second-order valence-electron chi connectivity index (χ2n) is 7.48. The van der Waals surface area contributed by atoms with E-state index >= 15 is 0 Å². The van der Waals surface area contributed by atoms with Gasteiger partial charge in [-0.15, -0.1) is 0 Å². The number of carbonyl (C=O) groups is 1. The molecule has 4 saturated carbocycles. The van der Waals surface area contributed by atoms with Crippen LogP contribution < -0.4 is 0 Å². The summed E-state index contributed by atoms with van der Waals surface area (Å²) in [6.45, 7) is 5.52. The number of hydrogen-bond donors (Lipinski definition) is 1. The van der Waals surface area contributed by atoms with Crippen molar-refractivity contribution in [1.82, 2.24) is 0 Å². The third-order valence-electron chi connectivity index (χ3n) is 5.25. The first-order valence-electron chi connectivity index (χ1n) is 7.26. The molecule has 0 aromatic carbocycles. The summed E-state index contributed by atoms with van der Waals surface area (Å²) in [6, 6.07) is 2.45. The Kier molecular flexibility index (Phi) is 2.78. The zero-order valence-corrected chi connectivity index (χ0v) is 11.9. The van der Waals surface area contributed by atoms with Crippen molar-refractivity contribution in [2.24, 2.45) is 16.7 Å². The van der Waals surface area contributed by atoms with Crippen LogP contribution in [0.25, 0.3) is 0 Å². The summed E-state index contributed by atoms with van der Waals surface area (Å²) >= 11 is 0. The summed E-state index contributed by atoms with van der Waals surface area (Å²) in [6.07, 6.45) is 4.64. The molecule has 0 saturated heterocycles. The van der Waals surface area contributed by atoms with Crippen molar-refractivity contribution in [2.75, 3.05) is 6.61 Å². The van der Waals surface area contributed by atoms with Gasteiger partial charge in [0, 0.05) is 11.0 Å². The van der Waals surface area contributed by atoms with Gasteiger partial charge in [-0.05, 0) is 51.4 Å². The van der Waals surface area contributed by atoms with E-state index in [0.29, 0.717) is 30.9 Å². The van der Waals surface area contributed by atoms with E-state index in [0.717, 1.165) is 25.7 Å². The molecule has 0 aromatic rings. The average Bonchev–Trinajstić information content (AvgIpc) is 2.33. The number of nitrogens with zero attached hydrogens (tertiary/aromatic N) is 1. The minimum absolute atomic E-state index is 0.213. The molecule has 0 radical (unpaired) electrons. The van der Waals surface area contributed by atoms with E-state index in [-0.39, 0.29) is 11.4 Å². The minimum Gasteiger partial charge on any atom is -0.462 e. The third kappa shape index (κ3) is 2.05. The Labute approximate surface area is 119 Å². The van der Waals surface area contributed by atoms with Crippen molar-refractivity contribution in [3.05, 3.63) is 12.2 Å². The Balaban J connectivity index is 1.82. The van der Waals surface area contributed by atoms with Gasteiger partial charge in [0.05, 0.1) is 23.7 Å². The molecule has 0 spiro atoms. The third-order valence-corrected chi connectivity index (χ3v) is 5.25. The first-order valence-corrected chi connectivity index (χ1v) is 7.26. The molecule has 0 aromatic heterocycles. The fourth-order valence-electron chi connectivity index (χ4n) is 5.21. The van der Waals surface area contributed by atoms with E-state index in [1.54, 1.807) is 6.92 Å². The SMILES string of the molecule is C=C(C)C(=O)OCC12CC3CC(O)(CC(C#N)(C3)C1)C2. The van der Waals surface area contributed by atoms with Crippen LogP contribution in [0.1, 0.15) is 45.4 Å². The molecule has 0 aliphatic heterocycles. The van der Waals surface area contributed by atoms with Crippen LogP contribution in [0.15, 0.2) is 12.2 Å². The van der Waals surface area contributed by atoms with E-state index < -0.39 is 11.0 Å². The van der Waals surface area contributed by atoms with Gasteiger partial charge in [0.15, 0.2) is 0 Å². The van der Waals surface area contributed by atoms with Crippen LogP contribution in [0.4, 0.5) is 0 Å². The van der Waals surface area contributed by atoms with Gasteiger partial charge in [0.2, 0.25) is 0 Å². The molecule has 4 bridgehead atoms. The van der Waals surface area contributed by atoms with Gasteiger partial charge in [-0.1, -0.05) is 6.58 Å². The summed E-state index contributed by atoms with van der Waals surface area (Å²) < 4.78 is 5.36. The molecule has 4 rings (SSSR count). The Morgan fingerprint density at radius 1 is 1.40 bits per heavy atom. The van der Waals surface area contributed by atoms with Crippen LogP contribution in [-0.4, -0.2) is 23.3 Å². The lowest BCUT2D eigenvalue weighted by molar-refractivity contribution is -0.200. The molecule has 4 atom stereocenters. The quantitative estimate of drug-likeness (QED) is 0.634. The van der Waals surface area contributed by atoms with Gasteiger partial charge < -0.3 is 9.84 Å². The number of aliphatic hydroxyl groups is 1. The van der Waals surface area contributed by atoms with E-state index in [9.17, 15) is 15.2 Å². The zero-order valence-electron chi connectivity index (χ0n) is 11.9. The zero-order chi connectivity index (χ0) is 14.6. The maximum atomic E-state index is 11.6. The maximum Gasteiger partial charge on any atom is 0.333 e. The standard InChI is InChI=1S/C16H21NO3/c1-11(2)13(18)20-10-15-4-12-3-14(6-15,9-17)7-16(19,5-12)8-15/h12,19H,1,3-8,10H2,2H3. The van der Waals surface area contributed by atoms with Gasteiger partial charge in [-0.3, -0.25) is 0 Å². The van der Waals surface area contributed by atoms with Crippen LogP contribution >= 0.6 is 0 Å². The molecule has 108 valence electrons. The topological polar surface area (TPSA) is 70.3 Å². The van der Waals surface area contributed by atoms with Crippen LogP contribution in [0, 0.1) is 28.1 Å². The number of hydrogen-bond acceptors (Lipinski definition) is 4. The lowest BCUT2D eigenvalue weighted by Crippen LogP contribution is -2.61. The molecule has 0 heterocycles. The van der Waals surface area contributed by atoms with Crippen molar-refractivity contribution >= 4 is 5.97 Å². The molecule has 0 amide bonds. The highest BCUT2D eigenvalue weighted by Crippen LogP contribution is 2.66. The predicted molar refractivity (Wildman–Crippen MR) is 72.4 cm³/mol. The van der Waals surface area contributed by atoms with Crippen molar-refractivity contribution in [1.29, 1.82) is 5.26 Å². The van der Waals surface area contributed by atoms with Crippen molar-refractivity contribution in [2.45, 2.75) is 51.0 Å². The number of rotatable bonds is 3. The van der Waals surface area contributed by atoms with Gasteiger partial charge in [-0.25, -0.2) is 4.79 Å². The van der Waals surface area contributed by atoms with Crippen LogP contribution in [-0.2, 0) is 9.53 Å². The van der Waals surface area contributed by atoms with Gasteiger partial charge in [-0.2, -0.15) is 5.26 Å². The molecule has 4 unspecified atom stereocenters. The Morgan fingerprint density at radius 3 is 2.75 bits per heavy atom. The van der Waals surface area contributed by atoms with E-state index in [1.807, 2.05) is 0 Å². The number of ether oxygens (including phenoxy) is 1. The number of esters is 1. The number of nitriles is 1. The molecule has 1 N–H and O–H groups in total. The maximum absolute atomic E-state index is 11.6. The lowest BCUT2D eigenvalue weighted by atomic mass is 9.43. The summed E-state index contributed by atoms with van der Waals surface area (Å²) in [5, 5.41) is 20.3. The predicted octanol–water partition coefficient (Wildman–Crippen LogP) is 2.33. The highest BCUT2D eigenvalue weighted by atomic mass is 16.5. The second kappa shape index (κ2) is 4.08. The van der Waals surface area contributed by atoms with Gasteiger partial charge >= 0.3 is 5.97 Å². The van der Waals surface area contributed by atoms with E-state index in [1.165, 1.54) is 0 Å². The van der Waals surface area contributed by atoms with Crippen LogP contribution in [0.5, 0.6) is 0 Å². The molecular weight excluding hydrogens is 254 g/mol. The second-order valence-corrected chi connectivity index (χ2v) is 7.48. The van der Waals surface area contributed by atoms with E-state index in [4.69, 9.17) is 4.74 Å². The molecule has 4 aliphatic carbocycles. The normalized spacial score (nSPS) is 45.0. The van der Waals surface area contributed by atoms with Crippen LogP contribution in [0.3, 0.4) is 0 Å². The first-order chi connectivity index (χ1) is 9.29. The average molecular weight is 275 g/mol. The van der Waals surface area contributed by atoms with Crippen molar-refractivity contribution in [3.63, 3.8) is 0 Å². The Hall–Kier alpha value is -1.34. The fourth-order valence-corrected chi connectivity index (χ4v) is 5.21. The first kappa shape index (κ1) is 13.6. The van der Waals surface area contributed by atoms with Crippen molar-refractivity contribution in [3.8, 4) is 6.07 Å². The fraction of sp³-hybridized carbons (Fsp3) is 0.750. The molecular formula is C16H21NO3. The van der Waals surface area contributed by atoms with Gasteiger partial charge in [0.25, 0.3) is 0 Å². The van der Waals surface area contributed by atoms with Crippen molar-refractivity contribution < 1.29 is 14.6 Å².